The van der Waals surface area contributed by atoms with Crippen molar-refractivity contribution in [3.8, 4) is 11.6 Å². The first-order valence-corrected chi connectivity index (χ1v) is 7.46. The molecule has 94 valence electrons. The van der Waals surface area contributed by atoms with E-state index in [0.29, 0.717) is 16.7 Å². The standard InChI is InChI=1S/C14H9ClN2OS/c15-13-9-6-19-7-10(9)16-14(17-13)12-5-8-3-1-2-4-11(8)18-12/h1-5H,6-7H2. The molecule has 3 nitrogen and oxygen atoms in total. The fourth-order valence-electron chi connectivity index (χ4n) is 2.21. The van der Waals surface area contributed by atoms with Gasteiger partial charge in [0, 0.05) is 22.5 Å². The zero-order chi connectivity index (χ0) is 12.8. The van der Waals surface area contributed by atoms with Crippen LogP contribution in [-0.2, 0) is 11.5 Å². The lowest BCUT2D eigenvalue weighted by Gasteiger charge is -2.02. The van der Waals surface area contributed by atoms with Gasteiger partial charge in [-0.3, -0.25) is 0 Å². The van der Waals surface area contributed by atoms with Crippen molar-refractivity contribution < 1.29 is 4.42 Å². The van der Waals surface area contributed by atoms with E-state index in [0.717, 1.165) is 33.7 Å². The van der Waals surface area contributed by atoms with Crippen molar-refractivity contribution in [3.63, 3.8) is 0 Å². The number of furan rings is 1. The highest BCUT2D eigenvalue weighted by molar-refractivity contribution is 7.98. The SMILES string of the molecule is Clc1nc(-c2cc3ccccc3o2)nc2c1CSC2. The number of aromatic nitrogens is 2. The molecular formula is C14H9ClN2OS. The van der Waals surface area contributed by atoms with E-state index in [9.17, 15) is 0 Å². The number of fused-ring (bicyclic) bond motifs is 2. The maximum atomic E-state index is 6.22. The molecule has 0 spiro atoms. The number of hydrogen-bond acceptors (Lipinski definition) is 4. The van der Waals surface area contributed by atoms with Gasteiger partial charge in [-0.15, -0.1) is 0 Å². The van der Waals surface area contributed by atoms with Crippen LogP contribution in [0.5, 0.6) is 0 Å². The topological polar surface area (TPSA) is 38.9 Å². The Morgan fingerprint density at radius 1 is 1.16 bits per heavy atom. The van der Waals surface area contributed by atoms with Crippen LogP contribution in [0.4, 0.5) is 0 Å². The normalized spacial score (nSPS) is 13.9. The Morgan fingerprint density at radius 3 is 2.95 bits per heavy atom. The molecule has 0 radical (unpaired) electrons. The van der Waals surface area contributed by atoms with Crippen molar-refractivity contribution in [3.05, 3.63) is 46.7 Å². The predicted octanol–water partition coefficient (Wildman–Crippen LogP) is 4.29. The lowest BCUT2D eigenvalue weighted by atomic mass is 10.2. The highest BCUT2D eigenvalue weighted by Gasteiger charge is 2.20. The summed E-state index contributed by atoms with van der Waals surface area (Å²) in [6, 6.07) is 9.82. The number of hydrogen-bond donors (Lipinski definition) is 0. The Balaban J connectivity index is 1.90. The van der Waals surface area contributed by atoms with Crippen molar-refractivity contribution >= 4 is 34.3 Å². The van der Waals surface area contributed by atoms with Gasteiger partial charge < -0.3 is 4.42 Å². The highest BCUT2D eigenvalue weighted by Crippen LogP contribution is 2.35. The molecule has 0 amide bonds. The third-order valence-corrected chi connectivity index (χ3v) is 4.46. The summed E-state index contributed by atoms with van der Waals surface area (Å²) in [5, 5.41) is 1.59. The molecule has 2 aromatic heterocycles. The van der Waals surface area contributed by atoms with Crippen LogP contribution in [0.25, 0.3) is 22.6 Å². The monoisotopic (exact) mass is 288 g/mol. The lowest BCUT2D eigenvalue weighted by Crippen LogP contribution is -1.96. The molecule has 1 aromatic carbocycles. The summed E-state index contributed by atoms with van der Waals surface area (Å²) in [7, 11) is 0. The zero-order valence-electron chi connectivity index (χ0n) is 9.89. The first-order valence-electron chi connectivity index (χ1n) is 5.93. The summed E-state index contributed by atoms with van der Waals surface area (Å²) in [5.41, 5.74) is 2.93. The molecule has 1 aliphatic heterocycles. The maximum absolute atomic E-state index is 6.22. The summed E-state index contributed by atoms with van der Waals surface area (Å²) in [6.07, 6.45) is 0. The van der Waals surface area contributed by atoms with Crippen LogP contribution >= 0.6 is 23.4 Å². The second-order valence-corrected chi connectivity index (χ2v) is 5.75. The quantitative estimate of drug-likeness (QED) is 0.626. The lowest BCUT2D eigenvalue weighted by molar-refractivity contribution is 0.624. The number of thioether (sulfide) groups is 1. The van der Waals surface area contributed by atoms with Gasteiger partial charge in [0.2, 0.25) is 0 Å². The maximum Gasteiger partial charge on any atom is 0.197 e. The van der Waals surface area contributed by atoms with Crippen LogP contribution in [0.2, 0.25) is 5.15 Å². The summed E-state index contributed by atoms with van der Waals surface area (Å²) < 4.78 is 5.78. The largest absolute Gasteiger partial charge is 0.453 e. The molecular weight excluding hydrogens is 280 g/mol. The van der Waals surface area contributed by atoms with Crippen LogP contribution in [0.3, 0.4) is 0 Å². The van der Waals surface area contributed by atoms with E-state index < -0.39 is 0 Å². The molecule has 3 heterocycles. The van der Waals surface area contributed by atoms with Gasteiger partial charge in [0.15, 0.2) is 11.6 Å². The zero-order valence-corrected chi connectivity index (χ0v) is 11.5. The molecule has 0 aliphatic carbocycles. The number of rotatable bonds is 1. The molecule has 0 atom stereocenters. The molecule has 0 fully saturated rings. The van der Waals surface area contributed by atoms with Gasteiger partial charge in [-0.05, 0) is 12.1 Å². The second kappa shape index (κ2) is 4.25. The smallest absolute Gasteiger partial charge is 0.197 e. The average molecular weight is 289 g/mol. The van der Waals surface area contributed by atoms with Crippen LogP contribution in [0, 0.1) is 0 Å². The Bertz CT molecular complexity index is 751. The first kappa shape index (κ1) is 11.3. The minimum Gasteiger partial charge on any atom is -0.453 e. The van der Waals surface area contributed by atoms with Crippen molar-refractivity contribution in [1.29, 1.82) is 0 Å². The molecule has 0 saturated heterocycles. The van der Waals surface area contributed by atoms with E-state index in [1.54, 1.807) is 0 Å². The van der Waals surface area contributed by atoms with E-state index in [1.807, 2.05) is 42.1 Å². The number of halogens is 1. The van der Waals surface area contributed by atoms with Gasteiger partial charge in [-0.2, -0.15) is 11.8 Å². The molecule has 5 heteroatoms. The Morgan fingerprint density at radius 2 is 2.05 bits per heavy atom. The van der Waals surface area contributed by atoms with Gasteiger partial charge in [-0.1, -0.05) is 29.8 Å². The summed E-state index contributed by atoms with van der Waals surface area (Å²) >= 11 is 8.03. The molecule has 4 rings (SSSR count). The van der Waals surface area contributed by atoms with Crippen molar-refractivity contribution in [2.75, 3.05) is 0 Å². The van der Waals surface area contributed by atoms with E-state index in [-0.39, 0.29) is 0 Å². The molecule has 3 aromatic rings. The van der Waals surface area contributed by atoms with Gasteiger partial charge in [0.05, 0.1) is 5.69 Å². The molecule has 0 unspecified atom stereocenters. The average Bonchev–Trinajstić information content (AvgIpc) is 3.04. The molecule has 0 bridgehead atoms. The summed E-state index contributed by atoms with van der Waals surface area (Å²) in [5.74, 6) is 3.03. The first-order chi connectivity index (χ1) is 9.31. The molecule has 0 saturated carbocycles. The van der Waals surface area contributed by atoms with E-state index in [4.69, 9.17) is 16.0 Å². The van der Waals surface area contributed by atoms with E-state index in [2.05, 4.69) is 9.97 Å². The van der Waals surface area contributed by atoms with Gasteiger partial charge in [-0.25, -0.2) is 9.97 Å². The van der Waals surface area contributed by atoms with Gasteiger partial charge in [0.1, 0.15) is 10.7 Å². The highest BCUT2D eigenvalue weighted by atomic mass is 35.5. The Hall–Kier alpha value is -1.52. The molecule has 19 heavy (non-hydrogen) atoms. The molecule has 0 N–H and O–H groups in total. The Labute approximate surface area is 119 Å². The van der Waals surface area contributed by atoms with Gasteiger partial charge >= 0.3 is 0 Å². The minimum absolute atomic E-state index is 0.547. The Kier molecular flexibility index (Phi) is 2.53. The van der Waals surface area contributed by atoms with Crippen LogP contribution in [-0.4, -0.2) is 9.97 Å². The summed E-state index contributed by atoms with van der Waals surface area (Å²) in [4.78, 5) is 8.93. The van der Waals surface area contributed by atoms with Crippen LogP contribution < -0.4 is 0 Å². The van der Waals surface area contributed by atoms with E-state index >= 15 is 0 Å². The molecule has 1 aliphatic rings. The van der Waals surface area contributed by atoms with Crippen molar-refractivity contribution in [2.45, 2.75) is 11.5 Å². The third-order valence-electron chi connectivity index (χ3n) is 3.17. The minimum atomic E-state index is 0.547. The fourth-order valence-corrected chi connectivity index (χ4v) is 3.59. The number of para-hydroxylation sites is 1. The van der Waals surface area contributed by atoms with Crippen molar-refractivity contribution in [2.24, 2.45) is 0 Å². The predicted molar refractivity (Wildman–Crippen MR) is 77.2 cm³/mol. The van der Waals surface area contributed by atoms with Crippen LogP contribution in [0.1, 0.15) is 11.3 Å². The van der Waals surface area contributed by atoms with E-state index in [1.165, 1.54) is 0 Å². The van der Waals surface area contributed by atoms with Crippen LogP contribution in [0.15, 0.2) is 34.7 Å². The van der Waals surface area contributed by atoms with Crippen molar-refractivity contribution in [1.82, 2.24) is 9.97 Å². The number of benzene rings is 1. The number of nitrogens with zero attached hydrogens (tertiary/aromatic N) is 2. The fraction of sp³-hybridized carbons (Fsp3) is 0.143. The third kappa shape index (κ3) is 1.83. The van der Waals surface area contributed by atoms with Gasteiger partial charge in [0.25, 0.3) is 0 Å². The second-order valence-electron chi connectivity index (χ2n) is 4.40. The summed E-state index contributed by atoms with van der Waals surface area (Å²) in [6.45, 7) is 0.